The lowest BCUT2D eigenvalue weighted by molar-refractivity contribution is -0.164. The number of hydrogen-bond donors (Lipinski definition) is 2. The predicted molar refractivity (Wildman–Crippen MR) is 30.5 cm³/mol. The summed E-state index contributed by atoms with van der Waals surface area (Å²) in [5.74, 6) is -2.93. The van der Waals surface area contributed by atoms with Gasteiger partial charge in [-0.2, -0.15) is 0 Å². The second-order valence-electron chi connectivity index (χ2n) is 1.94. The molecule has 1 saturated heterocycles. The van der Waals surface area contributed by atoms with Gasteiger partial charge in [-0.15, -0.1) is 0 Å². The Morgan fingerprint density at radius 1 is 1.64 bits per heavy atom. The fourth-order valence-corrected chi connectivity index (χ4v) is 0.657. The summed E-state index contributed by atoms with van der Waals surface area (Å²) in [4.78, 5) is 31.2. The number of carbonyl (C=O) groups is 3. The molecular formula is C5H5NO5. The van der Waals surface area contributed by atoms with Gasteiger partial charge in [0, 0.05) is 0 Å². The molecule has 0 aromatic rings. The van der Waals surface area contributed by atoms with E-state index in [4.69, 9.17) is 5.11 Å². The van der Waals surface area contributed by atoms with Crippen molar-refractivity contribution in [1.29, 1.82) is 0 Å². The topological polar surface area (TPSA) is 92.7 Å². The lowest BCUT2D eigenvalue weighted by Crippen LogP contribution is -2.51. The number of aliphatic carboxylic acids is 1. The van der Waals surface area contributed by atoms with Gasteiger partial charge in [-0.1, -0.05) is 0 Å². The Labute approximate surface area is 61.1 Å². The molecule has 1 atom stereocenters. The summed E-state index contributed by atoms with van der Waals surface area (Å²) < 4.78 is 4.40. The lowest BCUT2D eigenvalue weighted by Gasteiger charge is -2.17. The largest absolute Gasteiger partial charge is 0.479 e. The fourth-order valence-electron chi connectivity index (χ4n) is 0.657. The van der Waals surface area contributed by atoms with Crippen molar-refractivity contribution < 1.29 is 24.2 Å². The molecule has 0 aromatic carbocycles. The van der Waals surface area contributed by atoms with Crippen LogP contribution in [-0.2, 0) is 19.1 Å². The van der Waals surface area contributed by atoms with Crippen molar-refractivity contribution in [3.8, 4) is 0 Å². The molecule has 0 aliphatic carbocycles. The van der Waals surface area contributed by atoms with Crippen LogP contribution < -0.4 is 5.32 Å². The second kappa shape index (κ2) is 2.67. The van der Waals surface area contributed by atoms with Gasteiger partial charge < -0.3 is 9.84 Å². The summed E-state index contributed by atoms with van der Waals surface area (Å²) in [6, 6.07) is 0. The van der Waals surface area contributed by atoms with Gasteiger partial charge in [0.15, 0.2) is 0 Å². The first-order valence-electron chi connectivity index (χ1n) is 2.79. The third-order valence-electron chi connectivity index (χ3n) is 1.11. The molecule has 0 bridgehead atoms. The highest BCUT2D eigenvalue weighted by Gasteiger charge is 2.33. The van der Waals surface area contributed by atoms with Crippen molar-refractivity contribution in [1.82, 2.24) is 5.32 Å². The zero-order chi connectivity index (χ0) is 8.43. The van der Waals surface area contributed by atoms with Crippen molar-refractivity contribution in [3.63, 3.8) is 0 Å². The molecule has 1 unspecified atom stereocenters. The van der Waals surface area contributed by atoms with E-state index in [9.17, 15) is 14.4 Å². The Kier molecular flexibility index (Phi) is 1.86. The molecule has 2 N–H and O–H groups in total. The first kappa shape index (κ1) is 7.67. The quantitative estimate of drug-likeness (QED) is 0.344. The van der Waals surface area contributed by atoms with Gasteiger partial charge in [0.2, 0.25) is 6.10 Å². The zero-order valence-electron chi connectivity index (χ0n) is 5.36. The molecule has 11 heavy (non-hydrogen) atoms. The number of morpholine rings is 1. The first-order chi connectivity index (χ1) is 5.11. The highest BCUT2D eigenvalue weighted by Crippen LogP contribution is 1.97. The molecule has 6 heteroatoms. The summed E-state index contributed by atoms with van der Waals surface area (Å²) in [7, 11) is 0. The smallest absolute Gasteiger partial charge is 0.342 e. The number of rotatable bonds is 1. The number of nitrogens with one attached hydrogen (secondary N) is 1. The summed E-state index contributed by atoms with van der Waals surface area (Å²) >= 11 is 0. The number of carboxylic acid groups (broad SMARTS) is 1. The third-order valence-corrected chi connectivity index (χ3v) is 1.11. The van der Waals surface area contributed by atoms with E-state index in [1.54, 1.807) is 0 Å². The Bertz CT molecular complexity index is 223. The van der Waals surface area contributed by atoms with Crippen LogP contribution >= 0.6 is 0 Å². The zero-order valence-corrected chi connectivity index (χ0v) is 5.36. The minimum absolute atomic E-state index is 0.386. The van der Waals surface area contributed by atoms with Crippen molar-refractivity contribution in [2.24, 2.45) is 0 Å². The van der Waals surface area contributed by atoms with Gasteiger partial charge in [0.1, 0.15) is 6.61 Å². The molecule has 0 aromatic heterocycles. The molecule has 0 spiro atoms. The molecule has 0 saturated carbocycles. The van der Waals surface area contributed by atoms with E-state index in [2.05, 4.69) is 4.74 Å². The van der Waals surface area contributed by atoms with E-state index in [-0.39, 0.29) is 6.61 Å². The van der Waals surface area contributed by atoms with E-state index in [1.165, 1.54) is 0 Å². The summed E-state index contributed by atoms with van der Waals surface area (Å²) in [5, 5.41) is 10.1. The second-order valence-corrected chi connectivity index (χ2v) is 1.94. The van der Waals surface area contributed by atoms with E-state index in [1.807, 2.05) is 5.32 Å². The van der Waals surface area contributed by atoms with Crippen LogP contribution in [0.15, 0.2) is 0 Å². The standard InChI is InChI=1S/C5H5NO5/c7-2-1-11-3(5(9)10)4(8)6-2/h3H,1H2,(H,9,10)(H,6,7,8). The first-order valence-corrected chi connectivity index (χ1v) is 2.79. The molecular weight excluding hydrogens is 154 g/mol. The maximum Gasteiger partial charge on any atom is 0.342 e. The van der Waals surface area contributed by atoms with Crippen LogP contribution in [0.3, 0.4) is 0 Å². The normalized spacial score (nSPS) is 24.5. The van der Waals surface area contributed by atoms with Crippen molar-refractivity contribution in [2.45, 2.75) is 6.10 Å². The predicted octanol–water partition coefficient (Wildman–Crippen LogP) is -1.89. The molecule has 1 fully saturated rings. The Hall–Kier alpha value is -1.43. The van der Waals surface area contributed by atoms with Gasteiger partial charge in [0.25, 0.3) is 11.8 Å². The number of amides is 2. The lowest BCUT2D eigenvalue weighted by atomic mass is 10.3. The summed E-state index contributed by atoms with van der Waals surface area (Å²) in [5.41, 5.74) is 0. The molecule has 1 rings (SSSR count). The third kappa shape index (κ3) is 1.53. The Morgan fingerprint density at radius 3 is 2.73 bits per heavy atom. The van der Waals surface area contributed by atoms with E-state index in [0.29, 0.717) is 0 Å². The summed E-state index contributed by atoms with van der Waals surface area (Å²) in [6.45, 7) is -0.386. The van der Waals surface area contributed by atoms with Gasteiger partial charge in [0.05, 0.1) is 0 Å². The maximum atomic E-state index is 10.6. The number of ether oxygens (including phenoxy) is 1. The van der Waals surface area contributed by atoms with Crippen molar-refractivity contribution in [2.75, 3.05) is 6.61 Å². The molecule has 1 aliphatic rings. The van der Waals surface area contributed by atoms with E-state index < -0.39 is 23.9 Å². The Balaban J connectivity index is 2.65. The minimum Gasteiger partial charge on any atom is -0.479 e. The van der Waals surface area contributed by atoms with Crippen LogP contribution in [0.2, 0.25) is 0 Å². The van der Waals surface area contributed by atoms with Crippen molar-refractivity contribution in [3.05, 3.63) is 0 Å². The van der Waals surface area contributed by atoms with Crippen LogP contribution in [0.4, 0.5) is 0 Å². The van der Waals surface area contributed by atoms with Crippen molar-refractivity contribution >= 4 is 17.8 Å². The highest BCUT2D eigenvalue weighted by molar-refractivity contribution is 6.08. The monoisotopic (exact) mass is 159 g/mol. The molecule has 60 valence electrons. The fraction of sp³-hybridized carbons (Fsp3) is 0.400. The van der Waals surface area contributed by atoms with Crippen LogP contribution in [0, 0.1) is 0 Å². The van der Waals surface area contributed by atoms with Gasteiger partial charge in [-0.3, -0.25) is 14.9 Å². The average Bonchev–Trinajstić information content (AvgIpc) is 1.85. The summed E-state index contributed by atoms with van der Waals surface area (Å²) in [6.07, 6.45) is -1.55. The SMILES string of the molecule is O=C1COC(C(=O)O)C(=O)N1. The van der Waals surface area contributed by atoms with E-state index >= 15 is 0 Å². The molecule has 1 aliphatic heterocycles. The van der Waals surface area contributed by atoms with Crippen LogP contribution in [-0.4, -0.2) is 35.6 Å². The number of imide groups is 1. The number of carbonyl (C=O) groups excluding carboxylic acids is 2. The molecule has 2 amide bonds. The molecule has 6 nitrogen and oxygen atoms in total. The molecule has 1 heterocycles. The van der Waals surface area contributed by atoms with Crippen LogP contribution in [0.5, 0.6) is 0 Å². The number of carboxylic acids is 1. The minimum atomic E-state index is -1.55. The van der Waals surface area contributed by atoms with Crippen LogP contribution in [0.25, 0.3) is 0 Å². The van der Waals surface area contributed by atoms with Gasteiger partial charge in [-0.25, -0.2) is 4.79 Å². The average molecular weight is 159 g/mol. The van der Waals surface area contributed by atoms with E-state index in [0.717, 1.165) is 0 Å². The van der Waals surface area contributed by atoms with Crippen LogP contribution in [0.1, 0.15) is 0 Å². The van der Waals surface area contributed by atoms with Gasteiger partial charge >= 0.3 is 5.97 Å². The molecule has 0 radical (unpaired) electrons. The van der Waals surface area contributed by atoms with Gasteiger partial charge in [-0.05, 0) is 0 Å². The Morgan fingerprint density at radius 2 is 2.27 bits per heavy atom. The highest BCUT2D eigenvalue weighted by atomic mass is 16.5. The maximum absolute atomic E-state index is 10.6. The number of hydrogen-bond acceptors (Lipinski definition) is 4.